The van der Waals surface area contributed by atoms with Crippen molar-refractivity contribution in [2.45, 2.75) is 13.0 Å². The molecule has 2 aromatic rings. The van der Waals surface area contributed by atoms with E-state index in [0.717, 1.165) is 5.56 Å². The molecular weight excluding hydrogens is 290 g/mol. The van der Waals surface area contributed by atoms with Gasteiger partial charge in [-0.25, -0.2) is 4.98 Å². The number of methoxy groups -OCH3 is 1. The summed E-state index contributed by atoms with van der Waals surface area (Å²) in [6.07, 6.45) is 1.41. The molecule has 1 aromatic carbocycles. The van der Waals surface area contributed by atoms with E-state index in [-0.39, 0.29) is 22.7 Å². The quantitative estimate of drug-likeness (QED) is 0.852. The number of benzene rings is 1. The second-order valence-electron chi connectivity index (χ2n) is 4.54. The summed E-state index contributed by atoms with van der Waals surface area (Å²) >= 11 is 5.93. The van der Waals surface area contributed by atoms with Gasteiger partial charge in [0.1, 0.15) is 10.9 Å². The van der Waals surface area contributed by atoms with Gasteiger partial charge in [0.05, 0.1) is 30.6 Å². The molecule has 2 rings (SSSR count). The lowest BCUT2D eigenvalue weighted by Gasteiger charge is -2.17. The number of nitrogens with two attached hydrogens (primary N) is 1. The second kappa shape index (κ2) is 6.45. The Labute approximate surface area is 128 Å². The van der Waals surface area contributed by atoms with Crippen molar-refractivity contribution in [2.24, 2.45) is 0 Å². The third-order valence-corrected chi connectivity index (χ3v) is 3.36. The van der Waals surface area contributed by atoms with Crippen LogP contribution in [0.15, 0.2) is 36.5 Å². The van der Waals surface area contributed by atoms with E-state index in [4.69, 9.17) is 22.1 Å². The maximum Gasteiger partial charge on any atom is 0.254 e. The second-order valence-corrected chi connectivity index (χ2v) is 4.90. The molecule has 1 atom stereocenters. The average molecular weight is 306 g/mol. The van der Waals surface area contributed by atoms with Crippen molar-refractivity contribution in [3.8, 4) is 5.75 Å². The van der Waals surface area contributed by atoms with Crippen molar-refractivity contribution in [3.05, 3.63) is 52.8 Å². The maximum atomic E-state index is 12.3. The first-order chi connectivity index (χ1) is 10.0. The predicted octanol–water partition coefficient (Wildman–Crippen LogP) is 2.82. The van der Waals surface area contributed by atoms with E-state index in [2.05, 4.69) is 10.3 Å². The number of anilines is 1. The van der Waals surface area contributed by atoms with Crippen molar-refractivity contribution in [1.82, 2.24) is 10.3 Å². The predicted molar refractivity (Wildman–Crippen MR) is 82.5 cm³/mol. The van der Waals surface area contributed by atoms with E-state index in [1.165, 1.54) is 12.3 Å². The molecule has 3 N–H and O–H groups in total. The van der Waals surface area contributed by atoms with E-state index >= 15 is 0 Å². The first-order valence-electron chi connectivity index (χ1n) is 6.37. The molecule has 6 heteroatoms. The average Bonchev–Trinajstić information content (AvgIpc) is 2.49. The highest BCUT2D eigenvalue weighted by atomic mass is 35.5. The molecule has 5 nitrogen and oxygen atoms in total. The molecule has 110 valence electrons. The van der Waals surface area contributed by atoms with Crippen LogP contribution in [0.3, 0.4) is 0 Å². The van der Waals surface area contributed by atoms with Gasteiger partial charge in [0.25, 0.3) is 5.91 Å². The van der Waals surface area contributed by atoms with Gasteiger partial charge in [-0.1, -0.05) is 29.8 Å². The number of hydrogen-bond donors (Lipinski definition) is 2. The van der Waals surface area contributed by atoms with Gasteiger partial charge >= 0.3 is 0 Å². The van der Waals surface area contributed by atoms with Gasteiger partial charge in [-0.05, 0) is 19.1 Å². The van der Waals surface area contributed by atoms with Crippen LogP contribution >= 0.6 is 11.6 Å². The van der Waals surface area contributed by atoms with Gasteiger partial charge in [-0.2, -0.15) is 0 Å². The van der Waals surface area contributed by atoms with Crippen LogP contribution in [0.4, 0.5) is 5.69 Å². The summed E-state index contributed by atoms with van der Waals surface area (Å²) in [5.74, 6) is 0.375. The van der Waals surface area contributed by atoms with Crippen LogP contribution < -0.4 is 15.8 Å². The summed E-state index contributed by atoms with van der Waals surface area (Å²) in [6.45, 7) is 1.86. The SMILES string of the molecule is COc1ccccc1C(C)NC(=O)c1cc(N)cnc1Cl. The van der Waals surface area contributed by atoms with E-state index in [1.807, 2.05) is 31.2 Å². The minimum absolute atomic E-state index is 0.119. The molecule has 1 heterocycles. The topological polar surface area (TPSA) is 77.2 Å². The smallest absolute Gasteiger partial charge is 0.254 e. The molecule has 0 radical (unpaired) electrons. The number of pyridine rings is 1. The molecule has 0 fully saturated rings. The number of rotatable bonds is 4. The number of aromatic nitrogens is 1. The van der Waals surface area contributed by atoms with Gasteiger partial charge in [-0.3, -0.25) is 4.79 Å². The minimum atomic E-state index is -0.335. The minimum Gasteiger partial charge on any atom is -0.496 e. The number of ether oxygens (including phenoxy) is 1. The third kappa shape index (κ3) is 3.44. The van der Waals surface area contributed by atoms with Crippen LogP contribution in [0.25, 0.3) is 0 Å². The molecular formula is C15H16ClN3O2. The van der Waals surface area contributed by atoms with Gasteiger partial charge in [0.2, 0.25) is 0 Å². The Morgan fingerprint density at radius 1 is 1.43 bits per heavy atom. The van der Waals surface area contributed by atoms with E-state index in [1.54, 1.807) is 7.11 Å². The molecule has 21 heavy (non-hydrogen) atoms. The first kappa shape index (κ1) is 15.1. The Kier molecular flexibility index (Phi) is 4.65. The van der Waals surface area contributed by atoms with Crippen LogP contribution in [0.1, 0.15) is 28.9 Å². The van der Waals surface area contributed by atoms with E-state index in [0.29, 0.717) is 11.4 Å². The zero-order valence-corrected chi connectivity index (χ0v) is 12.5. The summed E-state index contributed by atoms with van der Waals surface area (Å²) < 4.78 is 5.29. The summed E-state index contributed by atoms with van der Waals surface area (Å²) in [6, 6.07) is 8.74. The molecule has 0 aliphatic rings. The van der Waals surface area contributed by atoms with Crippen LogP contribution in [-0.4, -0.2) is 18.0 Å². The maximum absolute atomic E-state index is 12.3. The number of para-hydroxylation sites is 1. The van der Waals surface area contributed by atoms with Crippen molar-refractivity contribution >= 4 is 23.2 Å². The fourth-order valence-electron chi connectivity index (χ4n) is 2.00. The van der Waals surface area contributed by atoms with Crippen molar-refractivity contribution in [3.63, 3.8) is 0 Å². The van der Waals surface area contributed by atoms with Gasteiger partial charge in [0.15, 0.2) is 0 Å². The standard InChI is InChI=1S/C15H16ClN3O2/c1-9(11-5-3-4-6-13(11)21-2)19-15(20)12-7-10(17)8-18-14(12)16/h3-9H,17H2,1-2H3,(H,19,20). The molecule has 1 aromatic heterocycles. The molecule has 0 saturated carbocycles. The Morgan fingerprint density at radius 3 is 2.86 bits per heavy atom. The van der Waals surface area contributed by atoms with Crippen molar-refractivity contribution in [1.29, 1.82) is 0 Å². The Bertz CT molecular complexity index is 661. The van der Waals surface area contributed by atoms with Crippen molar-refractivity contribution in [2.75, 3.05) is 12.8 Å². The van der Waals surface area contributed by atoms with Gasteiger partial charge in [-0.15, -0.1) is 0 Å². The van der Waals surface area contributed by atoms with E-state index in [9.17, 15) is 4.79 Å². The number of halogens is 1. The fourth-order valence-corrected chi connectivity index (χ4v) is 2.19. The number of amides is 1. The summed E-state index contributed by atoms with van der Waals surface area (Å²) in [7, 11) is 1.59. The normalized spacial score (nSPS) is 11.8. The number of nitrogens with zero attached hydrogens (tertiary/aromatic N) is 1. The lowest BCUT2D eigenvalue weighted by atomic mass is 10.1. The van der Waals surface area contributed by atoms with Gasteiger partial charge < -0.3 is 15.8 Å². The summed E-state index contributed by atoms with van der Waals surface area (Å²) in [5, 5.41) is 2.98. The molecule has 0 saturated heterocycles. The first-order valence-corrected chi connectivity index (χ1v) is 6.75. The zero-order chi connectivity index (χ0) is 15.4. The van der Waals surface area contributed by atoms with Gasteiger partial charge in [0, 0.05) is 5.56 Å². The largest absolute Gasteiger partial charge is 0.496 e. The molecule has 1 unspecified atom stereocenters. The number of carbonyl (C=O) groups excluding carboxylic acids is 1. The van der Waals surface area contributed by atoms with Crippen LogP contribution in [0.5, 0.6) is 5.75 Å². The summed E-state index contributed by atoms with van der Waals surface area (Å²) in [4.78, 5) is 16.1. The highest BCUT2D eigenvalue weighted by molar-refractivity contribution is 6.32. The molecule has 0 aliphatic carbocycles. The lowest BCUT2D eigenvalue weighted by molar-refractivity contribution is 0.0939. The molecule has 0 aliphatic heterocycles. The molecule has 0 spiro atoms. The Morgan fingerprint density at radius 2 is 2.14 bits per heavy atom. The lowest BCUT2D eigenvalue weighted by Crippen LogP contribution is -2.27. The number of hydrogen-bond acceptors (Lipinski definition) is 4. The van der Waals surface area contributed by atoms with E-state index < -0.39 is 0 Å². The fraction of sp³-hybridized carbons (Fsp3) is 0.200. The number of carbonyl (C=O) groups is 1. The Balaban J connectivity index is 2.21. The molecule has 1 amide bonds. The highest BCUT2D eigenvalue weighted by Gasteiger charge is 2.17. The van der Waals surface area contributed by atoms with Crippen molar-refractivity contribution < 1.29 is 9.53 Å². The zero-order valence-electron chi connectivity index (χ0n) is 11.8. The Hall–Kier alpha value is -2.27. The van der Waals surface area contributed by atoms with Crippen LogP contribution in [0, 0.1) is 0 Å². The number of nitrogens with one attached hydrogen (secondary N) is 1. The van der Waals surface area contributed by atoms with Crippen LogP contribution in [0.2, 0.25) is 5.15 Å². The van der Waals surface area contributed by atoms with Crippen LogP contribution in [-0.2, 0) is 0 Å². The number of nitrogen functional groups attached to an aromatic ring is 1. The summed E-state index contributed by atoms with van der Waals surface area (Å²) in [5.41, 5.74) is 7.14. The molecule has 0 bridgehead atoms. The third-order valence-electron chi connectivity index (χ3n) is 3.06. The highest BCUT2D eigenvalue weighted by Crippen LogP contribution is 2.25. The monoisotopic (exact) mass is 305 g/mol.